The van der Waals surface area contributed by atoms with Crippen molar-refractivity contribution in [3.8, 4) is 0 Å². The van der Waals surface area contributed by atoms with Gasteiger partial charge in [0, 0.05) is 0 Å². The highest BCUT2D eigenvalue weighted by atomic mass is 16.5. The summed E-state index contributed by atoms with van der Waals surface area (Å²) in [4.78, 5) is 14.2. The summed E-state index contributed by atoms with van der Waals surface area (Å²) in [5.74, 6) is 0.601. The molecule has 0 radical (unpaired) electrons. The van der Waals surface area contributed by atoms with Gasteiger partial charge in [-0.1, -0.05) is 60.7 Å². The van der Waals surface area contributed by atoms with Gasteiger partial charge in [0.2, 0.25) is 0 Å². The van der Waals surface area contributed by atoms with Crippen molar-refractivity contribution in [3.63, 3.8) is 0 Å². The Hall–Kier alpha value is -2.13. The number of ether oxygens (including phenoxy) is 1. The second kappa shape index (κ2) is 8.65. The van der Waals surface area contributed by atoms with Gasteiger partial charge in [-0.25, -0.2) is 0 Å². The molecule has 1 saturated heterocycles. The van der Waals surface area contributed by atoms with Gasteiger partial charge in [0.25, 0.3) is 0 Å². The minimum absolute atomic E-state index is 0.125. The van der Waals surface area contributed by atoms with E-state index in [0.717, 1.165) is 43.8 Å². The van der Waals surface area contributed by atoms with Crippen molar-refractivity contribution in [1.82, 2.24) is 4.90 Å². The molecular weight excluding hydrogens is 298 g/mol. The first-order chi connectivity index (χ1) is 11.8. The average molecular weight is 323 g/mol. The molecule has 0 N–H and O–H groups in total. The maximum atomic E-state index is 12.0. The summed E-state index contributed by atoms with van der Waals surface area (Å²) in [6, 6.07) is 20.5. The standard InChI is InChI=1S/C21H25NO2/c23-21(24-17-20-9-5-2-6-10-20)16-22-13-11-19(12-14-22)15-18-7-3-1-4-8-18/h1-10,19H,11-17H2. The van der Waals surface area contributed by atoms with Crippen LogP contribution in [0.15, 0.2) is 60.7 Å². The van der Waals surface area contributed by atoms with E-state index in [1.54, 1.807) is 0 Å². The fourth-order valence-corrected chi connectivity index (χ4v) is 3.26. The van der Waals surface area contributed by atoms with E-state index in [4.69, 9.17) is 4.74 Å². The van der Waals surface area contributed by atoms with Gasteiger partial charge in [0.05, 0.1) is 6.54 Å². The van der Waals surface area contributed by atoms with Gasteiger partial charge in [-0.05, 0) is 49.4 Å². The Bertz CT molecular complexity index is 619. The third kappa shape index (κ3) is 5.20. The van der Waals surface area contributed by atoms with Crippen LogP contribution in [-0.2, 0) is 22.6 Å². The molecule has 1 aliphatic heterocycles. The van der Waals surface area contributed by atoms with E-state index < -0.39 is 0 Å². The Kier molecular flexibility index (Phi) is 6.02. The third-order valence-corrected chi connectivity index (χ3v) is 4.67. The van der Waals surface area contributed by atoms with Crippen LogP contribution in [0.5, 0.6) is 0 Å². The van der Waals surface area contributed by atoms with E-state index in [0.29, 0.717) is 13.2 Å². The van der Waals surface area contributed by atoms with Crippen molar-refractivity contribution in [2.75, 3.05) is 19.6 Å². The molecule has 1 fully saturated rings. The zero-order chi connectivity index (χ0) is 16.6. The van der Waals surface area contributed by atoms with Crippen LogP contribution in [0.25, 0.3) is 0 Å². The number of hydrogen-bond donors (Lipinski definition) is 0. The highest BCUT2D eigenvalue weighted by Gasteiger charge is 2.21. The zero-order valence-corrected chi connectivity index (χ0v) is 14.1. The normalized spacial score (nSPS) is 16.0. The lowest BCUT2D eigenvalue weighted by atomic mass is 9.90. The SMILES string of the molecule is O=C(CN1CCC(Cc2ccccc2)CC1)OCc1ccccc1. The minimum Gasteiger partial charge on any atom is -0.460 e. The average Bonchev–Trinajstić information content (AvgIpc) is 2.63. The molecule has 3 heteroatoms. The number of benzene rings is 2. The number of piperidine rings is 1. The Labute approximate surface area is 144 Å². The highest BCUT2D eigenvalue weighted by molar-refractivity contribution is 5.71. The molecule has 1 heterocycles. The fourth-order valence-electron chi connectivity index (χ4n) is 3.26. The second-order valence-electron chi connectivity index (χ2n) is 6.56. The zero-order valence-electron chi connectivity index (χ0n) is 14.1. The van der Waals surface area contributed by atoms with E-state index in [2.05, 4.69) is 35.2 Å². The van der Waals surface area contributed by atoms with Gasteiger partial charge in [-0.15, -0.1) is 0 Å². The molecule has 0 saturated carbocycles. The van der Waals surface area contributed by atoms with Crippen molar-refractivity contribution < 1.29 is 9.53 Å². The van der Waals surface area contributed by atoms with Gasteiger partial charge in [-0.2, -0.15) is 0 Å². The molecule has 3 nitrogen and oxygen atoms in total. The predicted molar refractivity (Wildman–Crippen MR) is 95.5 cm³/mol. The lowest BCUT2D eigenvalue weighted by molar-refractivity contribution is -0.146. The number of carbonyl (C=O) groups excluding carboxylic acids is 1. The van der Waals surface area contributed by atoms with Crippen molar-refractivity contribution >= 4 is 5.97 Å². The van der Waals surface area contributed by atoms with Crippen molar-refractivity contribution in [2.45, 2.75) is 25.9 Å². The van der Waals surface area contributed by atoms with Crippen molar-refractivity contribution in [3.05, 3.63) is 71.8 Å². The predicted octanol–water partition coefficient (Wildman–Crippen LogP) is 3.68. The molecule has 0 aliphatic carbocycles. The quantitative estimate of drug-likeness (QED) is 0.760. The highest BCUT2D eigenvalue weighted by Crippen LogP contribution is 2.21. The van der Waals surface area contributed by atoms with Crippen molar-refractivity contribution in [2.24, 2.45) is 5.92 Å². The fraction of sp³-hybridized carbons (Fsp3) is 0.381. The van der Waals surface area contributed by atoms with Gasteiger partial charge >= 0.3 is 5.97 Å². The summed E-state index contributed by atoms with van der Waals surface area (Å²) < 4.78 is 5.37. The molecule has 0 atom stereocenters. The molecule has 24 heavy (non-hydrogen) atoms. The summed E-state index contributed by atoms with van der Waals surface area (Å²) in [5, 5.41) is 0. The van der Waals surface area contributed by atoms with Crippen LogP contribution in [-0.4, -0.2) is 30.5 Å². The van der Waals surface area contributed by atoms with Gasteiger partial charge in [0.1, 0.15) is 6.61 Å². The molecule has 3 rings (SSSR count). The lowest BCUT2D eigenvalue weighted by Gasteiger charge is -2.31. The van der Waals surface area contributed by atoms with Crippen LogP contribution >= 0.6 is 0 Å². The van der Waals surface area contributed by atoms with Crippen LogP contribution in [0, 0.1) is 5.92 Å². The molecule has 0 aromatic heterocycles. The molecule has 126 valence electrons. The van der Waals surface area contributed by atoms with E-state index >= 15 is 0 Å². The molecule has 1 aliphatic rings. The number of hydrogen-bond acceptors (Lipinski definition) is 3. The molecule has 2 aromatic carbocycles. The number of esters is 1. The molecular formula is C21H25NO2. The topological polar surface area (TPSA) is 29.5 Å². The second-order valence-corrected chi connectivity index (χ2v) is 6.56. The summed E-state index contributed by atoms with van der Waals surface area (Å²) in [5.41, 5.74) is 2.45. The van der Waals surface area contributed by atoms with Crippen LogP contribution in [0.4, 0.5) is 0 Å². The Morgan fingerprint density at radius 3 is 2.12 bits per heavy atom. The van der Waals surface area contributed by atoms with E-state index in [1.807, 2.05) is 30.3 Å². The Morgan fingerprint density at radius 2 is 1.50 bits per heavy atom. The molecule has 0 unspecified atom stereocenters. The largest absolute Gasteiger partial charge is 0.460 e. The summed E-state index contributed by atoms with van der Waals surface area (Å²) in [6.45, 7) is 2.74. The Balaban J connectivity index is 1.36. The van der Waals surface area contributed by atoms with Crippen LogP contribution < -0.4 is 0 Å². The van der Waals surface area contributed by atoms with Crippen LogP contribution in [0.1, 0.15) is 24.0 Å². The summed E-state index contributed by atoms with van der Waals surface area (Å²) in [6.07, 6.45) is 3.45. The lowest BCUT2D eigenvalue weighted by Crippen LogP contribution is -2.38. The summed E-state index contributed by atoms with van der Waals surface area (Å²) in [7, 11) is 0. The molecule has 2 aromatic rings. The molecule has 0 amide bonds. The van der Waals surface area contributed by atoms with Crippen molar-refractivity contribution in [1.29, 1.82) is 0 Å². The first-order valence-corrected chi connectivity index (χ1v) is 8.75. The van der Waals surface area contributed by atoms with E-state index in [-0.39, 0.29) is 5.97 Å². The van der Waals surface area contributed by atoms with E-state index in [9.17, 15) is 4.79 Å². The smallest absolute Gasteiger partial charge is 0.320 e. The van der Waals surface area contributed by atoms with Crippen LogP contribution in [0.2, 0.25) is 0 Å². The minimum atomic E-state index is -0.125. The summed E-state index contributed by atoms with van der Waals surface area (Å²) >= 11 is 0. The van der Waals surface area contributed by atoms with E-state index in [1.165, 1.54) is 5.56 Å². The number of carbonyl (C=O) groups is 1. The van der Waals surface area contributed by atoms with Gasteiger partial charge in [-0.3, -0.25) is 9.69 Å². The van der Waals surface area contributed by atoms with Gasteiger partial charge < -0.3 is 4.74 Å². The van der Waals surface area contributed by atoms with Gasteiger partial charge in [0.15, 0.2) is 0 Å². The molecule has 0 bridgehead atoms. The maximum absolute atomic E-state index is 12.0. The molecule has 0 spiro atoms. The first-order valence-electron chi connectivity index (χ1n) is 8.75. The number of likely N-dealkylation sites (tertiary alicyclic amines) is 1. The third-order valence-electron chi connectivity index (χ3n) is 4.67. The number of nitrogens with zero attached hydrogens (tertiary/aromatic N) is 1. The maximum Gasteiger partial charge on any atom is 0.320 e. The Morgan fingerprint density at radius 1 is 0.917 bits per heavy atom. The van der Waals surface area contributed by atoms with Crippen LogP contribution in [0.3, 0.4) is 0 Å². The number of rotatable bonds is 6. The monoisotopic (exact) mass is 323 g/mol. The first kappa shape index (κ1) is 16.7.